The molecule has 1 heterocycles. The molecule has 1 atom stereocenters. The van der Waals surface area contributed by atoms with Gasteiger partial charge in [-0.1, -0.05) is 35.5 Å². The predicted octanol–water partition coefficient (Wildman–Crippen LogP) is 4.21. The Hall–Kier alpha value is -3.15. The van der Waals surface area contributed by atoms with Crippen LogP contribution >= 0.6 is 0 Å². The molecule has 3 rings (SSSR count). The number of aromatic nitrogens is 2. The monoisotopic (exact) mass is 393 g/mol. The first-order chi connectivity index (χ1) is 14.1. The zero-order valence-electron chi connectivity index (χ0n) is 16.9. The molecule has 29 heavy (non-hydrogen) atoms. The fourth-order valence-corrected chi connectivity index (χ4v) is 3.01. The van der Waals surface area contributed by atoms with Crippen LogP contribution in [0.15, 0.2) is 59.1 Å². The molecule has 0 bridgehead atoms. The Morgan fingerprint density at radius 3 is 2.59 bits per heavy atom. The number of nitrogens with one attached hydrogen (secondary N) is 1. The molecule has 0 saturated heterocycles. The molecule has 0 aliphatic heterocycles. The number of hydrogen-bond acceptors (Lipinski definition) is 5. The second-order valence-electron chi connectivity index (χ2n) is 6.96. The largest absolute Gasteiger partial charge is 0.494 e. The SMILES string of the molecule is CCOc1ccc(-c2noc(CCC(=O)NC(C)CCc3ccccc3)n2)cc1. The van der Waals surface area contributed by atoms with Crippen LogP contribution in [0.1, 0.15) is 38.1 Å². The lowest BCUT2D eigenvalue weighted by Gasteiger charge is -2.13. The average molecular weight is 393 g/mol. The van der Waals surface area contributed by atoms with E-state index in [4.69, 9.17) is 9.26 Å². The Morgan fingerprint density at radius 2 is 1.86 bits per heavy atom. The summed E-state index contributed by atoms with van der Waals surface area (Å²) in [6, 6.07) is 17.9. The van der Waals surface area contributed by atoms with Crippen molar-refractivity contribution in [3.8, 4) is 17.1 Å². The lowest BCUT2D eigenvalue weighted by atomic mass is 10.1. The van der Waals surface area contributed by atoms with Gasteiger partial charge in [0.25, 0.3) is 0 Å². The number of carbonyl (C=O) groups excluding carboxylic acids is 1. The first-order valence-corrected chi connectivity index (χ1v) is 10.0. The summed E-state index contributed by atoms with van der Waals surface area (Å²) in [6.45, 7) is 4.59. The molecular weight excluding hydrogens is 366 g/mol. The van der Waals surface area contributed by atoms with Crippen LogP contribution in [0, 0.1) is 0 Å². The Morgan fingerprint density at radius 1 is 1.10 bits per heavy atom. The van der Waals surface area contributed by atoms with E-state index in [1.165, 1.54) is 5.56 Å². The van der Waals surface area contributed by atoms with Gasteiger partial charge in [0, 0.05) is 24.4 Å². The lowest BCUT2D eigenvalue weighted by molar-refractivity contribution is -0.121. The summed E-state index contributed by atoms with van der Waals surface area (Å²) in [5.41, 5.74) is 2.13. The molecule has 1 unspecified atom stereocenters. The molecule has 0 fully saturated rings. The van der Waals surface area contributed by atoms with E-state index in [1.54, 1.807) is 0 Å². The third kappa shape index (κ3) is 6.45. The van der Waals surface area contributed by atoms with Gasteiger partial charge in [-0.05, 0) is 56.5 Å². The van der Waals surface area contributed by atoms with Crippen molar-refractivity contribution in [3.05, 3.63) is 66.1 Å². The minimum Gasteiger partial charge on any atom is -0.494 e. The molecule has 0 aliphatic rings. The van der Waals surface area contributed by atoms with Crippen LogP contribution in [-0.2, 0) is 17.6 Å². The fraction of sp³-hybridized carbons (Fsp3) is 0.348. The quantitative estimate of drug-likeness (QED) is 0.558. The van der Waals surface area contributed by atoms with Crippen LogP contribution in [0.5, 0.6) is 5.75 Å². The molecular formula is C23H27N3O3. The van der Waals surface area contributed by atoms with Crippen LogP contribution in [-0.4, -0.2) is 28.7 Å². The number of carbonyl (C=O) groups is 1. The van der Waals surface area contributed by atoms with Gasteiger partial charge in [-0.15, -0.1) is 0 Å². The maximum atomic E-state index is 12.2. The van der Waals surface area contributed by atoms with Gasteiger partial charge in [0.1, 0.15) is 5.75 Å². The number of aryl methyl sites for hydroxylation is 2. The average Bonchev–Trinajstić information content (AvgIpc) is 3.21. The molecule has 6 heteroatoms. The Balaban J connectivity index is 1.43. The number of amides is 1. The van der Waals surface area contributed by atoms with Crippen LogP contribution in [0.25, 0.3) is 11.4 Å². The summed E-state index contributed by atoms with van der Waals surface area (Å²) in [5, 5.41) is 7.04. The van der Waals surface area contributed by atoms with E-state index in [2.05, 4.69) is 27.6 Å². The van der Waals surface area contributed by atoms with Crippen molar-refractivity contribution in [1.29, 1.82) is 0 Å². The summed E-state index contributed by atoms with van der Waals surface area (Å²) >= 11 is 0. The smallest absolute Gasteiger partial charge is 0.227 e. The van der Waals surface area contributed by atoms with Crippen molar-refractivity contribution in [2.45, 2.75) is 45.6 Å². The van der Waals surface area contributed by atoms with Gasteiger partial charge >= 0.3 is 0 Å². The molecule has 1 aromatic heterocycles. The zero-order valence-corrected chi connectivity index (χ0v) is 16.9. The minimum atomic E-state index is -0.00798. The molecule has 0 spiro atoms. The van der Waals surface area contributed by atoms with Crippen molar-refractivity contribution >= 4 is 5.91 Å². The Bertz CT molecular complexity index is 891. The van der Waals surface area contributed by atoms with Crippen LogP contribution in [0.2, 0.25) is 0 Å². The molecule has 152 valence electrons. The van der Waals surface area contributed by atoms with Gasteiger partial charge < -0.3 is 14.6 Å². The summed E-state index contributed by atoms with van der Waals surface area (Å²) in [7, 11) is 0. The maximum absolute atomic E-state index is 12.2. The van der Waals surface area contributed by atoms with Crippen LogP contribution < -0.4 is 10.1 Å². The second kappa shape index (κ2) is 10.4. The number of ether oxygens (including phenoxy) is 1. The van der Waals surface area contributed by atoms with E-state index in [0.717, 1.165) is 24.2 Å². The van der Waals surface area contributed by atoms with E-state index < -0.39 is 0 Å². The van der Waals surface area contributed by atoms with E-state index in [0.29, 0.717) is 31.2 Å². The highest BCUT2D eigenvalue weighted by molar-refractivity contribution is 5.76. The number of benzene rings is 2. The van der Waals surface area contributed by atoms with Crippen molar-refractivity contribution in [2.24, 2.45) is 0 Å². The summed E-state index contributed by atoms with van der Waals surface area (Å²) in [6.07, 6.45) is 2.58. The molecule has 0 radical (unpaired) electrons. The number of rotatable bonds is 10. The standard InChI is InChI=1S/C23H27N3O3/c1-3-28-20-13-11-19(12-14-20)23-25-22(29-26-23)16-15-21(27)24-17(2)9-10-18-7-5-4-6-8-18/h4-8,11-14,17H,3,9-10,15-16H2,1-2H3,(H,24,27). The third-order valence-electron chi connectivity index (χ3n) is 4.57. The Labute approximate surface area is 171 Å². The zero-order chi connectivity index (χ0) is 20.5. The molecule has 0 saturated carbocycles. The van der Waals surface area contributed by atoms with Crippen molar-refractivity contribution in [1.82, 2.24) is 15.5 Å². The fourth-order valence-electron chi connectivity index (χ4n) is 3.01. The molecule has 1 amide bonds. The first-order valence-electron chi connectivity index (χ1n) is 10.0. The first kappa shape index (κ1) is 20.6. The van der Waals surface area contributed by atoms with Crippen molar-refractivity contribution in [3.63, 3.8) is 0 Å². The molecule has 1 N–H and O–H groups in total. The van der Waals surface area contributed by atoms with Gasteiger partial charge in [0.15, 0.2) is 0 Å². The van der Waals surface area contributed by atoms with Gasteiger partial charge in [0.05, 0.1) is 6.61 Å². The van der Waals surface area contributed by atoms with Crippen molar-refractivity contribution in [2.75, 3.05) is 6.61 Å². The molecule has 3 aromatic rings. The molecule has 6 nitrogen and oxygen atoms in total. The highest BCUT2D eigenvalue weighted by Crippen LogP contribution is 2.20. The predicted molar refractivity (Wildman–Crippen MR) is 112 cm³/mol. The third-order valence-corrected chi connectivity index (χ3v) is 4.57. The van der Waals surface area contributed by atoms with Crippen LogP contribution in [0.4, 0.5) is 0 Å². The number of nitrogens with zero attached hydrogens (tertiary/aromatic N) is 2. The van der Waals surface area contributed by atoms with E-state index in [9.17, 15) is 4.79 Å². The van der Waals surface area contributed by atoms with Crippen molar-refractivity contribution < 1.29 is 14.1 Å². The highest BCUT2D eigenvalue weighted by atomic mass is 16.5. The summed E-state index contributed by atoms with van der Waals surface area (Å²) in [5.74, 6) is 1.77. The van der Waals surface area contributed by atoms with Gasteiger partial charge in [-0.3, -0.25) is 4.79 Å². The molecule has 0 aliphatic carbocycles. The summed E-state index contributed by atoms with van der Waals surface area (Å²) < 4.78 is 10.7. The Kier molecular flexibility index (Phi) is 7.39. The van der Waals surface area contributed by atoms with E-state index >= 15 is 0 Å². The lowest BCUT2D eigenvalue weighted by Crippen LogP contribution is -2.33. The minimum absolute atomic E-state index is 0.00798. The van der Waals surface area contributed by atoms with Crippen LogP contribution in [0.3, 0.4) is 0 Å². The molecule has 2 aromatic carbocycles. The van der Waals surface area contributed by atoms with E-state index in [-0.39, 0.29) is 11.9 Å². The second-order valence-corrected chi connectivity index (χ2v) is 6.96. The summed E-state index contributed by atoms with van der Waals surface area (Å²) in [4.78, 5) is 16.6. The topological polar surface area (TPSA) is 77.2 Å². The highest BCUT2D eigenvalue weighted by Gasteiger charge is 2.12. The van der Waals surface area contributed by atoms with Gasteiger partial charge in [0.2, 0.25) is 17.6 Å². The van der Waals surface area contributed by atoms with E-state index in [1.807, 2.05) is 56.3 Å². The van der Waals surface area contributed by atoms with Gasteiger partial charge in [-0.25, -0.2) is 0 Å². The van der Waals surface area contributed by atoms with Gasteiger partial charge in [-0.2, -0.15) is 4.98 Å². The normalized spacial score (nSPS) is 11.8. The maximum Gasteiger partial charge on any atom is 0.227 e. The number of hydrogen-bond donors (Lipinski definition) is 1.